The van der Waals surface area contributed by atoms with Gasteiger partial charge in [-0.25, -0.2) is 0 Å². The highest BCUT2D eigenvalue weighted by Crippen LogP contribution is 2.32. The van der Waals surface area contributed by atoms with Gasteiger partial charge in [-0.15, -0.1) is 0 Å². The fraction of sp³-hybridized carbons (Fsp3) is 0.385. The Kier molecular flexibility index (Phi) is 3.49. The Morgan fingerprint density at radius 2 is 2.24 bits per heavy atom. The second-order valence-corrected chi connectivity index (χ2v) is 5.35. The average Bonchev–Trinajstić information content (AvgIpc) is 3.08. The zero-order valence-electron chi connectivity index (χ0n) is 9.53. The van der Waals surface area contributed by atoms with E-state index in [0.717, 1.165) is 22.9 Å². The standard InChI is InChI=1S/C13H13BrN2O/c1-8-4-10(6-11(14)5-8)13(17)16-12(7-15)9-2-3-9/h4-6,9,12H,2-3H2,1H3,(H,16,17). The molecule has 0 aliphatic heterocycles. The highest BCUT2D eigenvalue weighted by atomic mass is 79.9. The van der Waals surface area contributed by atoms with Crippen LogP contribution in [0.15, 0.2) is 22.7 Å². The molecule has 1 fully saturated rings. The summed E-state index contributed by atoms with van der Waals surface area (Å²) in [7, 11) is 0. The van der Waals surface area contributed by atoms with E-state index < -0.39 is 0 Å². The molecule has 1 unspecified atom stereocenters. The minimum atomic E-state index is -0.346. The van der Waals surface area contributed by atoms with Crippen molar-refractivity contribution in [3.05, 3.63) is 33.8 Å². The number of benzene rings is 1. The molecule has 1 aliphatic rings. The van der Waals surface area contributed by atoms with Crippen LogP contribution in [0.4, 0.5) is 0 Å². The molecule has 17 heavy (non-hydrogen) atoms. The Hall–Kier alpha value is -1.34. The summed E-state index contributed by atoms with van der Waals surface area (Å²) in [5.74, 6) is 0.171. The van der Waals surface area contributed by atoms with Gasteiger partial charge in [0, 0.05) is 10.0 Å². The molecule has 0 radical (unpaired) electrons. The van der Waals surface area contributed by atoms with Gasteiger partial charge >= 0.3 is 0 Å². The lowest BCUT2D eigenvalue weighted by atomic mass is 10.1. The number of nitrogens with zero attached hydrogens (tertiary/aromatic N) is 1. The lowest BCUT2D eigenvalue weighted by molar-refractivity contribution is 0.0941. The number of amides is 1. The van der Waals surface area contributed by atoms with E-state index in [4.69, 9.17) is 5.26 Å². The average molecular weight is 293 g/mol. The fourth-order valence-corrected chi connectivity index (χ4v) is 2.38. The van der Waals surface area contributed by atoms with Crippen molar-refractivity contribution in [3.63, 3.8) is 0 Å². The van der Waals surface area contributed by atoms with Crippen LogP contribution < -0.4 is 5.32 Å². The lowest BCUT2D eigenvalue weighted by Gasteiger charge is -2.11. The predicted octanol–water partition coefficient (Wildman–Crippen LogP) is 2.79. The van der Waals surface area contributed by atoms with Gasteiger partial charge < -0.3 is 5.32 Å². The molecular weight excluding hydrogens is 280 g/mol. The molecular formula is C13H13BrN2O. The molecule has 1 aromatic rings. The Bertz CT molecular complexity index is 468. The molecule has 0 heterocycles. The molecule has 1 saturated carbocycles. The van der Waals surface area contributed by atoms with Gasteiger partial charge in [0.1, 0.15) is 6.04 Å². The van der Waals surface area contributed by atoms with Gasteiger partial charge in [0.15, 0.2) is 0 Å². The van der Waals surface area contributed by atoms with Crippen LogP contribution in [-0.2, 0) is 0 Å². The Morgan fingerprint density at radius 1 is 1.53 bits per heavy atom. The topological polar surface area (TPSA) is 52.9 Å². The summed E-state index contributed by atoms with van der Waals surface area (Å²) in [6, 6.07) is 7.34. The van der Waals surface area contributed by atoms with Crippen LogP contribution in [0.2, 0.25) is 0 Å². The third-order valence-corrected chi connectivity index (χ3v) is 3.28. The van der Waals surface area contributed by atoms with Crippen LogP contribution in [-0.4, -0.2) is 11.9 Å². The highest BCUT2D eigenvalue weighted by molar-refractivity contribution is 9.10. The smallest absolute Gasteiger partial charge is 0.252 e. The Balaban J connectivity index is 2.11. The van der Waals surface area contributed by atoms with Crippen LogP contribution in [0.3, 0.4) is 0 Å². The van der Waals surface area contributed by atoms with Gasteiger partial charge in [0.05, 0.1) is 6.07 Å². The fourth-order valence-electron chi connectivity index (χ4n) is 1.78. The first-order chi connectivity index (χ1) is 8.10. The van der Waals surface area contributed by atoms with Crippen LogP contribution in [0.5, 0.6) is 0 Å². The second-order valence-electron chi connectivity index (χ2n) is 4.43. The minimum Gasteiger partial charge on any atom is -0.336 e. The van der Waals surface area contributed by atoms with E-state index in [-0.39, 0.29) is 11.9 Å². The third kappa shape index (κ3) is 3.07. The van der Waals surface area contributed by atoms with Crippen molar-refractivity contribution in [1.29, 1.82) is 5.26 Å². The van der Waals surface area contributed by atoms with Crippen molar-refractivity contribution in [1.82, 2.24) is 5.32 Å². The van der Waals surface area contributed by atoms with E-state index in [0.29, 0.717) is 11.5 Å². The molecule has 1 aliphatic carbocycles. The first-order valence-corrected chi connectivity index (χ1v) is 6.37. The first-order valence-electron chi connectivity index (χ1n) is 5.58. The first kappa shape index (κ1) is 12.1. The molecule has 0 bridgehead atoms. The summed E-state index contributed by atoms with van der Waals surface area (Å²) in [6.07, 6.45) is 2.08. The predicted molar refractivity (Wildman–Crippen MR) is 68.5 cm³/mol. The monoisotopic (exact) mass is 292 g/mol. The zero-order valence-corrected chi connectivity index (χ0v) is 11.1. The second kappa shape index (κ2) is 4.89. The maximum atomic E-state index is 12.0. The van der Waals surface area contributed by atoms with Gasteiger partial charge in [-0.2, -0.15) is 5.26 Å². The number of nitriles is 1. The van der Waals surface area contributed by atoms with Gasteiger partial charge in [-0.1, -0.05) is 15.9 Å². The molecule has 4 heteroatoms. The summed E-state index contributed by atoms with van der Waals surface area (Å²) >= 11 is 3.36. The third-order valence-electron chi connectivity index (χ3n) is 2.82. The minimum absolute atomic E-state index is 0.173. The van der Waals surface area contributed by atoms with Gasteiger partial charge in [0.2, 0.25) is 0 Å². The quantitative estimate of drug-likeness (QED) is 0.931. The van der Waals surface area contributed by atoms with Crippen LogP contribution in [0, 0.1) is 24.2 Å². The number of halogens is 1. The number of nitrogens with one attached hydrogen (secondary N) is 1. The summed E-state index contributed by atoms with van der Waals surface area (Å²) in [5.41, 5.74) is 1.61. The number of hydrogen-bond donors (Lipinski definition) is 1. The molecule has 1 amide bonds. The SMILES string of the molecule is Cc1cc(Br)cc(C(=O)NC(C#N)C2CC2)c1. The summed E-state index contributed by atoms with van der Waals surface area (Å²) in [6.45, 7) is 1.93. The number of carbonyl (C=O) groups excluding carboxylic acids is 1. The summed E-state index contributed by atoms with van der Waals surface area (Å²) in [4.78, 5) is 12.0. The maximum Gasteiger partial charge on any atom is 0.252 e. The van der Waals surface area contributed by atoms with Crippen LogP contribution in [0.1, 0.15) is 28.8 Å². The van der Waals surface area contributed by atoms with Gasteiger partial charge in [-0.05, 0) is 49.4 Å². The van der Waals surface area contributed by atoms with Gasteiger partial charge in [-0.3, -0.25) is 4.79 Å². The number of hydrogen-bond acceptors (Lipinski definition) is 2. The zero-order chi connectivity index (χ0) is 12.4. The Labute approximate surface area is 109 Å². The van der Waals surface area contributed by atoms with E-state index >= 15 is 0 Å². The molecule has 3 nitrogen and oxygen atoms in total. The molecule has 1 N–H and O–H groups in total. The van der Waals surface area contributed by atoms with E-state index in [1.807, 2.05) is 19.1 Å². The normalized spacial score (nSPS) is 16.1. The molecule has 88 valence electrons. The van der Waals surface area contributed by atoms with Crippen molar-refractivity contribution in [2.45, 2.75) is 25.8 Å². The van der Waals surface area contributed by atoms with Crippen molar-refractivity contribution in [2.24, 2.45) is 5.92 Å². The summed E-state index contributed by atoms with van der Waals surface area (Å²) in [5, 5.41) is 11.7. The van der Waals surface area contributed by atoms with Crippen LogP contribution in [0.25, 0.3) is 0 Å². The number of carbonyl (C=O) groups is 1. The van der Waals surface area contributed by atoms with Crippen molar-refractivity contribution < 1.29 is 4.79 Å². The van der Waals surface area contributed by atoms with Crippen molar-refractivity contribution in [3.8, 4) is 6.07 Å². The lowest BCUT2D eigenvalue weighted by Crippen LogP contribution is -2.35. The van der Waals surface area contributed by atoms with E-state index in [2.05, 4.69) is 27.3 Å². The molecule has 1 atom stereocenters. The van der Waals surface area contributed by atoms with E-state index in [1.54, 1.807) is 6.07 Å². The van der Waals surface area contributed by atoms with Gasteiger partial charge in [0.25, 0.3) is 5.91 Å². The Morgan fingerprint density at radius 3 is 2.76 bits per heavy atom. The van der Waals surface area contributed by atoms with E-state index in [1.165, 1.54) is 0 Å². The van der Waals surface area contributed by atoms with E-state index in [9.17, 15) is 4.79 Å². The van der Waals surface area contributed by atoms with Crippen molar-refractivity contribution in [2.75, 3.05) is 0 Å². The molecule has 2 rings (SSSR count). The number of aryl methyl sites for hydroxylation is 1. The maximum absolute atomic E-state index is 12.0. The molecule has 0 aromatic heterocycles. The number of rotatable bonds is 3. The van der Waals surface area contributed by atoms with Crippen molar-refractivity contribution >= 4 is 21.8 Å². The molecule has 0 saturated heterocycles. The largest absolute Gasteiger partial charge is 0.336 e. The molecule has 1 aromatic carbocycles. The molecule has 0 spiro atoms. The van der Waals surface area contributed by atoms with Crippen LogP contribution >= 0.6 is 15.9 Å². The summed E-state index contributed by atoms with van der Waals surface area (Å²) < 4.78 is 0.877. The highest BCUT2D eigenvalue weighted by Gasteiger charge is 2.32.